The summed E-state index contributed by atoms with van der Waals surface area (Å²) in [5.74, 6) is -1.60. The van der Waals surface area contributed by atoms with Gasteiger partial charge in [-0.3, -0.25) is 9.59 Å². The van der Waals surface area contributed by atoms with Crippen molar-refractivity contribution < 1.29 is 20.5 Å². The fraction of sp³-hybridized carbons (Fsp3) is 0.818. The zero-order valence-electron chi connectivity index (χ0n) is 10.8. The molecule has 6 nitrogen and oxygen atoms in total. The number of carbonyl (C=O) groups is 2. The molecule has 1 unspecified atom stereocenters. The standard InChI is InChI=1S/C11H18N2O4/c1-13-10(15)8-5-11(4-7(8)9(12)14)6-16-2-3-17-11/h7-8H,2-6H2,1H3,(H2,12,14)(H,13,15)/t7-,8-,11?/m0/s1/i/hD. The largest absolute Gasteiger partial charge is 0.376 e. The predicted molar refractivity (Wildman–Crippen MR) is 59.0 cm³/mol. The molecule has 3 atom stereocenters. The van der Waals surface area contributed by atoms with E-state index in [-0.39, 0.29) is 5.91 Å². The Morgan fingerprint density at radius 1 is 1.41 bits per heavy atom. The average Bonchev–Trinajstić information content (AvgIpc) is 2.77. The number of amides is 2. The van der Waals surface area contributed by atoms with Gasteiger partial charge in [-0.1, -0.05) is 0 Å². The fourth-order valence-corrected chi connectivity index (χ4v) is 2.76. The van der Waals surface area contributed by atoms with Crippen LogP contribution in [0.4, 0.5) is 0 Å². The second-order valence-corrected chi connectivity index (χ2v) is 4.68. The first-order valence-electron chi connectivity index (χ1n) is 6.27. The summed E-state index contributed by atoms with van der Waals surface area (Å²) < 4.78 is 18.1. The molecular weight excluding hydrogens is 224 g/mol. The van der Waals surface area contributed by atoms with Crippen molar-refractivity contribution in [2.45, 2.75) is 18.4 Å². The lowest BCUT2D eigenvalue weighted by Crippen LogP contribution is -2.42. The van der Waals surface area contributed by atoms with Crippen molar-refractivity contribution in [1.29, 1.82) is 0 Å². The Balaban J connectivity index is 2.16. The summed E-state index contributed by atoms with van der Waals surface area (Å²) in [5.41, 5.74) is 1.32. The molecule has 1 saturated carbocycles. The molecule has 1 saturated heterocycles. The second kappa shape index (κ2) is 4.62. The topological polar surface area (TPSA) is 90.7 Å². The molecule has 96 valence electrons. The zero-order valence-corrected chi connectivity index (χ0v) is 9.82. The maximum Gasteiger partial charge on any atom is 0.223 e. The summed E-state index contributed by atoms with van der Waals surface area (Å²) in [4.78, 5) is 23.5. The summed E-state index contributed by atoms with van der Waals surface area (Å²) in [5, 5.41) is 2.56. The lowest BCUT2D eigenvalue weighted by molar-refractivity contribution is -0.157. The third kappa shape index (κ3) is 2.28. The monoisotopic (exact) mass is 243 g/mol. The van der Waals surface area contributed by atoms with Gasteiger partial charge in [0.25, 0.3) is 0 Å². The molecule has 2 aliphatic rings. The van der Waals surface area contributed by atoms with Crippen molar-refractivity contribution in [3.8, 4) is 0 Å². The highest BCUT2D eigenvalue weighted by molar-refractivity contribution is 5.87. The summed E-state index contributed by atoms with van der Waals surface area (Å²) in [6.07, 6.45) is 0.889. The maximum absolute atomic E-state index is 11.8. The van der Waals surface area contributed by atoms with Gasteiger partial charge in [-0.15, -0.1) is 0 Å². The van der Waals surface area contributed by atoms with Gasteiger partial charge >= 0.3 is 0 Å². The first-order chi connectivity index (χ1) is 8.62. The van der Waals surface area contributed by atoms with Crippen molar-refractivity contribution in [2.24, 2.45) is 17.6 Å². The molecule has 2 rings (SSSR count). The van der Waals surface area contributed by atoms with Gasteiger partial charge in [0.15, 0.2) is 1.41 Å². The van der Waals surface area contributed by atoms with Crippen LogP contribution in [0.5, 0.6) is 0 Å². The minimum atomic E-state index is -0.549. The lowest BCUT2D eigenvalue weighted by Gasteiger charge is -2.33. The molecule has 1 aliphatic carbocycles. The smallest absolute Gasteiger partial charge is 0.223 e. The summed E-state index contributed by atoms with van der Waals surface area (Å²) in [6.45, 7) is 1.43. The quantitative estimate of drug-likeness (QED) is 0.653. The highest BCUT2D eigenvalue weighted by Gasteiger charge is 2.52. The molecule has 2 fully saturated rings. The molecule has 1 heterocycles. The number of rotatable bonds is 2. The van der Waals surface area contributed by atoms with E-state index in [0.29, 0.717) is 32.7 Å². The van der Waals surface area contributed by atoms with Crippen molar-refractivity contribution in [3.05, 3.63) is 0 Å². The Kier molecular flexibility index (Phi) is 2.98. The minimum absolute atomic E-state index is 0.186. The number of ether oxygens (including phenoxy) is 2. The zero-order chi connectivity index (χ0) is 13.2. The molecule has 1 aliphatic heterocycles. The number of primary amides is 1. The number of carbonyl (C=O) groups excluding carboxylic acids is 2. The van der Waals surface area contributed by atoms with Gasteiger partial charge in [0.1, 0.15) is 0 Å². The van der Waals surface area contributed by atoms with Gasteiger partial charge in [0, 0.05) is 7.05 Å². The van der Waals surface area contributed by atoms with Crippen LogP contribution in [0, 0.1) is 11.8 Å². The van der Waals surface area contributed by atoms with E-state index in [4.69, 9.17) is 10.9 Å². The molecule has 17 heavy (non-hydrogen) atoms. The Hall–Kier alpha value is -1.14. The molecule has 2 amide bonds. The van der Waals surface area contributed by atoms with Gasteiger partial charge in [0.2, 0.25) is 11.8 Å². The van der Waals surface area contributed by atoms with E-state index in [1.54, 1.807) is 7.05 Å². The number of hydrogen-bond donors (Lipinski definition) is 2. The van der Waals surface area contributed by atoms with E-state index in [9.17, 15) is 9.59 Å². The van der Waals surface area contributed by atoms with Crippen molar-refractivity contribution >= 4 is 11.8 Å². The highest BCUT2D eigenvalue weighted by Crippen LogP contribution is 2.43. The van der Waals surface area contributed by atoms with E-state index >= 15 is 0 Å². The van der Waals surface area contributed by atoms with Gasteiger partial charge in [0.05, 0.1) is 37.3 Å². The van der Waals surface area contributed by atoms with Gasteiger partial charge in [-0.2, -0.15) is 0 Å². The number of hydrogen-bond acceptors (Lipinski definition) is 4. The average molecular weight is 243 g/mol. The highest BCUT2D eigenvalue weighted by atomic mass is 16.6. The Labute approximate surface area is 101 Å². The molecule has 0 aromatic carbocycles. The van der Waals surface area contributed by atoms with Gasteiger partial charge < -0.3 is 20.5 Å². The van der Waals surface area contributed by atoms with Crippen LogP contribution in [0.25, 0.3) is 0 Å². The normalized spacial score (nSPS) is 37.6. The van der Waals surface area contributed by atoms with Crippen LogP contribution in [0.1, 0.15) is 12.8 Å². The third-order valence-electron chi connectivity index (χ3n) is 3.59. The minimum Gasteiger partial charge on any atom is -0.376 e. The van der Waals surface area contributed by atoms with Crippen molar-refractivity contribution in [2.75, 3.05) is 26.9 Å². The van der Waals surface area contributed by atoms with Crippen LogP contribution in [-0.4, -0.2) is 44.3 Å². The molecule has 3 N–H and O–H groups in total. The molecule has 0 radical (unpaired) electrons. The fourth-order valence-electron chi connectivity index (χ4n) is 2.76. The third-order valence-corrected chi connectivity index (χ3v) is 3.59. The lowest BCUT2D eigenvalue weighted by atomic mass is 9.95. The van der Waals surface area contributed by atoms with Gasteiger partial charge in [-0.25, -0.2) is 0 Å². The second-order valence-electron chi connectivity index (χ2n) is 4.68. The molecule has 6 heteroatoms. The van der Waals surface area contributed by atoms with Crippen molar-refractivity contribution in [3.63, 3.8) is 0 Å². The molecule has 0 bridgehead atoms. The Morgan fingerprint density at radius 3 is 2.76 bits per heavy atom. The molecule has 0 aromatic heterocycles. The Morgan fingerprint density at radius 2 is 2.18 bits per heavy atom. The molecule has 0 aromatic rings. The van der Waals surface area contributed by atoms with Gasteiger partial charge in [-0.05, 0) is 12.8 Å². The van der Waals surface area contributed by atoms with Crippen LogP contribution < -0.4 is 11.0 Å². The SMILES string of the molecule is [2H]NC(=O)[C@H]1CC2(COCCO2)C[C@@H]1C(=O)NC. The summed E-state index contributed by atoms with van der Waals surface area (Å²) >= 11 is 0. The van der Waals surface area contributed by atoms with Crippen LogP contribution in [0.3, 0.4) is 0 Å². The molecular formula is C11H18N2O4. The first kappa shape index (κ1) is 11.0. The van der Waals surface area contributed by atoms with Crippen LogP contribution in [0.15, 0.2) is 0 Å². The van der Waals surface area contributed by atoms with Crippen LogP contribution in [0.2, 0.25) is 1.41 Å². The number of nitrogens with two attached hydrogens (primary N) is 1. The van der Waals surface area contributed by atoms with Crippen LogP contribution >= 0.6 is 0 Å². The molecule has 1 spiro atoms. The first-order valence-corrected chi connectivity index (χ1v) is 5.77. The van der Waals surface area contributed by atoms with E-state index in [0.717, 1.165) is 0 Å². The van der Waals surface area contributed by atoms with E-state index in [2.05, 4.69) is 5.32 Å². The number of nitrogens with one attached hydrogen (secondary N) is 1. The summed E-state index contributed by atoms with van der Waals surface area (Å²) in [6, 6.07) is 0. The van der Waals surface area contributed by atoms with Crippen LogP contribution in [-0.2, 0) is 19.1 Å². The maximum atomic E-state index is 11.8. The van der Waals surface area contributed by atoms with Crippen molar-refractivity contribution in [1.82, 2.24) is 5.32 Å². The predicted octanol–water partition coefficient (Wildman–Crippen LogP) is -0.970. The Bertz CT molecular complexity index is 318. The van der Waals surface area contributed by atoms with E-state index in [1.165, 1.54) is 0 Å². The van der Waals surface area contributed by atoms with E-state index < -0.39 is 23.3 Å². The summed E-state index contributed by atoms with van der Waals surface area (Å²) in [7, 11) is 1.54. The van der Waals surface area contributed by atoms with E-state index in [1.807, 2.05) is 5.73 Å².